The summed E-state index contributed by atoms with van der Waals surface area (Å²) in [6.45, 7) is 7.68. The number of rotatable bonds is 4. The molecule has 2 aromatic carbocycles. The van der Waals surface area contributed by atoms with Crippen LogP contribution in [0.15, 0.2) is 35.2 Å². The zero-order valence-corrected chi connectivity index (χ0v) is 19.4. The van der Waals surface area contributed by atoms with Gasteiger partial charge in [-0.2, -0.15) is 0 Å². The maximum atomic E-state index is 13.3. The molecule has 1 N–H and O–H groups in total. The summed E-state index contributed by atoms with van der Waals surface area (Å²) in [4.78, 5) is 27.8. The standard InChI is InChI=1S/C22H26N2O4S2/c1-13-6-7-19(30(5,27)28)17(10-13)22(26)24-12-29-11-18(24)21(25)23-20-15(3)8-14(2)9-16(20)4/h6-10,18H,11-12H2,1-5H3,(H,23,25). The summed E-state index contributed by atoms with van der Waals surface area (Å²) in [7, 11) is -3.58. The molecule has 1 atom stereocenters. The van der Waals surface area contributed by atoms with E-state index in [0.717, 1.165) is 34.2 Å². The Balaban J connectivity index is 1.91. The van der Waals surface area contributed by atoms with Gasteiger partial charge in [-0.3, -0.25) is 9.59 Å². The second-order valence-electron chi connectivity index (χ2n) is 7.83. The van der Waals surface area contributed by atoms with Gasteiger partial charge in [-0.15, -0.1) is 11.8 Å². The number of hydrogen-bond acceptors (Lipinski definition) is 5. The molecular weight excluding hydrogens is 420 g/mol. The first kappa shape index (κ1) is 22.4. The smallest absolute Gasteiger partial charge is 0.256 e. The molecule has 8 heteroatoms. The summed E-state index contributed by atoms with van der Waals surface area (Å²) >= 11 is 1.48. The monoisotopic (exact) mass is 446 g/mol. The zero-order chi connectivity index (χ0) is 22.2. The van der Waals surface area contributed by atoms with Crippen molar-refractivity contribution >= 4 is 39.1 Å². The first-order chi connectivity index (χ1) is 14.0. The van der Waals surface area contributed by atoms with E-state index >= 15 is 0 Å². The van der Waals surface area contributed by atoms with Crippen molar-refractivity contribution in [3.63, 3.8) is 0 Å². The highest BCUT2D eigenvalue weighted by Crippen LogP contribution is 2.28. The van der Waals surface area contributed by atoms with E-state index in [4.69, 9.17) is 0 Å². The molecule has 1 aliphatic rings. The van der Waals surface area contributed by atoms with E-state index < -0.39 is 21.8 Å². The van der Waals surface area contributed by atoms with Crippen LogP contribution in [0.3, 0.4) is 0 Å². The number of aryl methyl sites for hydroxylation is 4. The van der Waals surface area contributed by atoms with E-state index in [1.807, 2.05) is 32.9 Å². The van der Waals surface area contributed by atoms with Crippen molar-refractivity contribution in [2.75, 3.05) is 23.2 Å². The third-order valence-corrected chi connectivity index (χ3v) is 7.30. The average molecular weight is 447 g/mol. The number of hydrogen-bond donors (Lipinski definition) is 1. The maximum absolute atomic E-state index is 13.3. The van der Waals surface area contributed by atoms with Gasteiger partial charge in [-0.1, -0.05) is 29.3 Å². The molecule has 30 heavy (non-hydrogen) atoms. The van der Waals surface area contributed by atoms with E-state index in [9.17, 15) is 18.0 Å². The summed E-state index contributed by atoms with van der Waals surface area (Å²) in [6, 6.07) is 8.02. The molecule has 1 saturated heterocycles. The third-order valence-electron chi connectivity index (χ3n) is 5.14. The van der Waals surface area contributed by atoms with Gasteiger partial charge in [-0.05, 0) is 51.0 Å². The van der Waals surface area contributed by atoms with Crippen LogP contribution in [0, 0.1) is 27.7 Å². The van der Waals surface area contributed by atoms with Crippen molar-refractivity contribution in [1.29, 1.82) is 0 Å². The number of anilines is 1. The van der Waals surface area contributed by atoms with Gasteiger partial charge in [0.2, 0.25) is 5.91 Å². The van der Waals surface area contributed by atoms with Crippen LogP contribution in [0.2, 0.25) is 0 Å². The third kappa shape index (κ3) is 4.54. The molecule has 0 spiro atoms. The van der Waals surface area contributed by atoms with Crippen LogP contribution in [-0.4, -0.2) is 49.1 Å². The quantitative estimate of drug-likeness (QED) is 0.777. The van der Waals surface area contributed by atoms with Gasteiger partial charge in [0.15, 0.2) is 9.84 Å². The number of nitrogens with one attached hydrogen (secondary N) is 1. The molecule has 0 bridgehead atoms. The molecule has 1 heterocycles. The minimum atomic E-state index is -3.58. The van der Waals surface area contributed by atoms with Crippen molar-refractivity contribution in [3.8, 4) is 0 Å². The number of carbonyl (C=O) groups is 2. The number of amides is 2. The molecule has 1 fully saturated rings. The molecule has 1 aliphatic heterocycles. The summed E-state index contributed by atoms with van der Waals surface area (Å²) in [6.07, 6.45) is 1.08. The summed E-state index contributed by atoms with van der Waals surface area (Å²) in [5.74, 6) is 0.0835. The number of benzene rings is 2. The van der Waals surface area contributed by atoms with Crippen molar-refractivity contribution in [1.82, 2.24) is 4.90 Å². The van der Waals surface area contributed by atoms with Gasteiger partial charge >= 0.3 is 0 Å². The fourth-order valence-corrected chi connectivity index (χ4v) is 5.75. The number of carbonyl (C=O) groups excluding carboxylic acids is 2. The number of nitrogens with zero attached hydrogens (tertiary/aromatic N) is 1. The largest absolute Gasteiger partial charge is 0.324 e. The topological polar surface area (TPSA) is 83.6 Å². The highest BCUT2D eigenvalue weighted by atomic mass is 32.2. The van der Waals surface area contributed by atoms with Crippen molar-refractivity contribution in [2.45, 2.75) is 38.6 Å². The molecule has 0 radical (unpaired) electrons. The van der Waals surface area contributed by atoms with Gasteiger partial charge in [0.05, 0.1) is 16.3 Å². The summed E-state index contributed by atoms with van der Waals surface area (Å²) in [5, 5.41) is 2.98. The van der Waals surface area contributed by atoms with Crippen LogP contribution in [-0.2, 0) is 14.6 Å². The highest BCUT2D eigenvalue weighted by molar-refractivity contribution is 7.99. The molecule has 3 rings (SSSR count). The fraction of sp³-hybridized carbons (Fsp3) is 0.364. The van der Waals surface area contributed by atoms with Gasteiger partial charge in [0.1, 0.15) is 6.04 Å². The Bertz CT molecular complexity index is 1100. The Morgan fingerprint density at radius 1 is 1.03 bits per heavy atom. The molecule has 0 aliphatic carbocycles. The Kier molecular flexibility index (Phi) is 6.29. The lowest BCUT2D eigenvalue weighted by molar-refractivity contribution is -0.119. The van der Waals surface area contributed by atoms with Crippen LogP contribution < -0.4 is 5.32 Å². The second kappa shape index (κ2) is 8.43. The highest BCUT2D eigenvalue weighted by Gasteiger charge is 2.37. The lowest BCUT2D eigenvalue weighted by Crippen LogP contribution is -2.45. The molecule has 2 amide bonds. The van der Waals surface area contributed by atoms with Crippen LogP contribution in [0.25, 0.3) is 0 Å². The van der Waals surface area contributed by atoms with Crippen LogP contribution in [0.5, 0.6) is 0 Å². The maximum Gasteiger partial charge on any atom is 0.256 e. The predicted octanol–water partition coefficient (Wildman–Crippen LogP) is 3.48. The molecule has 160 valence electrons. The van der Waals surface area contributed by atoms with Gasteiger partial charge in [0, 0.05) is 17.7 Å². The van der Waals surface area contributed by atoms with E-state index in [0.29, 0.717) is 11.6 Å². The van der Waals surface area contributed by atoms with Gasteiger partial charge in [0.25, 0.3) is 5.91 Å². The predicted molar refractivity (Wildman–Crippen MR) is 121 cm³/mol. The molecule has 6 nitrogen and oxygen atoms in total. The minimum absolute atomic E-state index is 0.0145. The van der Waals surface area contributed by atoms with E-state index in [1.165, 1.54) is 22.7 Å². The molecule has 0 aromatic heterocycles. The second-order valence-corrected chi connectivity index (χ2v) is 10.8. The van der Waals surface area contributed by atoms with Crippen LogP contribution in [0.4, 0.5) is 5.69 Å². The number of thioether (sulfide) groups is 1. The van der Waals surface area contributed by atoms with Crippen LogP contribution >= 0.6 is 11.8 Å². The Morgan fingerprint density at radius 3 is 2.27 bits per heavy atom. The SMILES string of the molecule is Cc1cc(C)c(NC(=O)C2CSCN2C(=O)c2cc(C)ccc2S(C)(=O)=O)c(C)c1. The molecule has 1 unspecified atom stereocenters. The van der Waals surface area contributed by atoms with Crippen molar-refractivity contribution in [3.05, 3.63) is 58.1 Å². The first-order valence-corrected chi connectivity index (χ1v) is 12.6. The van der Waals surface area contributed by atoms with E-state index in [2.05, 4.69) is 5.32 Å². The molecule has 0 saturated carbocycles. The zero-order valence-electron chi connectivity index (χ0n) is 17.8. The Hall–Kier alpha value is -2.32. The summed E-state index contributed by atoms with van der Waals surface area (Å²) in [5.41, 5.74) is 4.68. The normalized spacial score (nSPS) is 16.6. The lowest BCUT2D eigenvalue weighted by atomic mass is 10.0. The van der Waals surface area contributed by atoms with Gasteiger partial charge < -0.3 is 10.2 Å². The first-order valence-electron chi connectivity index (χ1n) is 9.57. The van der Waals surface area contributed by atoms with E-state index in [-0.39, 0.29) is 16.4 Å². The van der Waals surface area contributed by atoms with Crippen LogP contribution in [0.1, 0.15) is 32.6 Å². The molecular formula is C22H26N2O4S2. The average Bonchev–Trinajstić information content (AvgIpc) is 3.12. The number of sulfone groups is 1. The minimum Gasteiger partial charge on any atom is -0.324 e. The fourth-order valence-electron chi connectivity index (χ4n) is 3.73. The van der Waals surface area contributed by atoms with Gasteiger partial charge in [-0.25, -0.2) is 8.42 Å². The Labute approximate surface area is 182 Å². The Morgan fingerprint density at radius 2 is 1.67 bits per heavy atom. The lowest BCUT2D eigenvalue weighted by Gasteiger charge is -2.25. The summed E-state index contributed by atoms with van der Waals surface area (Å²) < 4.78 is 24.4. The molecule has 2 aromatic rings. The van der Waals surface area contributed by atoms with E-state index in [1.54, 1.807) is 19.1 Å². The van der Waals surface area contributed by atoms with Crippen molar-refractivity contribution in [2.24, 2.45) is 0 Å². The van der Waals surface area contributed by atoms with Crippen molar-refractivity contribution < 1.29 is 18.0 Å².